The first-order valence-electron chi connectivity index (χ1n) is 4.44. The number of carbonyl (C=O) groups excluding carboxylic acids is 1. The Morgan fingerprint density at radius 1 is 1.53 bits per heavy atom. The van der Waals surface area contributed by atoms with Crippen molar-refractivity contribution in [3.8, 4) is 6.07 Å². The van der Waals surface area contributed by atoms with E-state index in [-0.39, 0.29) is 17.0 Å². The van der Waals surface area contributed by atoms with Crippen molar-refractivity contribution in [1.29, 1.82) is 5.26 Å². The van der Waals surface area contributed by atoms with Crippen LogP contribution in [0.4, 0.5) is 4.39 Å². The van der Waals surface area contributed by atoms with Gasteiger partial charge in [-0.2, -0.15) is 5.26 Å². The van der Waals surface area contributed by atoms with Gasteiger partial charge in [0.1, 0.15) is 11.9 Å². The highest BCUT2D eigenvalue weighted by Crippen LogP contribution is 2.24. The fourth-order valence-electron chi connectivity index (χ4n) is 1.33. The monoisotopic (exact) mass is 223 g/mol. The fourth-order valence-corrected chi connectivity index (χ4v) is 1.51. The molecule has 15 heavy (non-hydrogen) atoms. The summed E-state index contributed by atoms with van der Waals surface area (Å²) in [6, 6.07) is 4.65. The average Bonchev–Trinajstić information content (AvgIpc) is 2.16. The van der Waals surface area contributed by atoms with Crippen LogP contribution in [0, 0.1) is 17.1 Å². The molecular formula is C11H10FNOS. The second kappa shape index (κ2) is 4.45. The molecule has 0 radical (unpaired) electrons. The number of halogens is 1. The summed E-state index contributed by atoms with van der Waals surface area (Å²) in [4.78, 5) is 11.0. The van der Waals surface area contributed by atoms with E-state index in [0.29, 0.717) is 5.56 Å². The standard InChI is InChI=1S/C11H10FNOS/c1-6(2)7-3-4-8(11(14)15)9(5-13)10(7)12/h3-4,6H,1-2H3,(H,14,15). The van der Waals surface area contributed by atoms with Crippen molar-refractivity contribution in [1.82, 2.24) is 0 Å². The highest BCUT2D eigenvalue weighted by Gasteiger charge is 2.17. The quantitative estimate of drug-likeness (QED) is 0.783. The topological polar surface area (TPSA) is 40.9 Å². The van der Waals surface area contributed by atoms with Crippen LogP contribution in [0.3, 0.4) is 0 Å². The lowest BCUT2D eigenvalue weighted by molar-refractivity contribution is 0.109. The van der Waals surface area contributed by atoms with Crippen molar-refractivity contribution in [3.63, 3.8) is 0 Å². The van der Waals surface area contributed by atoms with Crippen LogP contribution in [0.25, 0.3) is 0 Å². The Labute approximate surface area is 93.1 Å². The lowest BCUT2D eigenvalue weighted by atomic mass is 9.97. The molecule has 1 aromatic rings. The molecule has 0 fully saturated rings. The molecule has 0 aliphatic heterocycles. The van der Waals surface area contributed by atoms with Gasteiger partial charge >= 0.3 is 0 Å². The first-order chi connectivity index (χ1) is 6.99. The van der Waals surface area contributed by atoms with Gasteiger partial charge < -0.3 is 0 Å². The predicted molar refractivity (Wildman–Crippen MR) is 58.5 cm³/mol. The first-order valence-corrected chi connectivity index (χ1v) is 4.89. The van der Waals surface area contributed by atoms with Gasteiger partial charge in [-0.05, 0) is 17.5 Å². The average molecular weight is 223 g/mol. The molecule has 0 bridgehead atoms. The van der Waals surface area contributed by atoms with E-state index in [1.807, 2.05) is 13.8 Å². The summed E-state index contributed by atoms with van der Waals surface area (Å²) >= 11 is 3.59. The molecule has 0 atom stereocenters. The number of hydrogen-bond acceptors (Lipinski definition) is 2. The number of carbonyl (C=O) groups is 1. The van der Waals surface area contributed by atoms with E-state index in [0.717, 1.165) is 0 Å². The molecule has 0 saturated carbocycles. The minimum Gasteiger partial charge on any atom is -0.282 e. The SMILES string of the molecule is CC(C)c1ccc(C(=O)S)c(C#N)c1F. The van der Waals surface area contributed by atoms with E-state index in [4.69, 9.17) is 5.26 Å². The zero-order valence-electron chi connectivity index (χ0n) is 8.41. The Bertz CT molecular complexity index is 449. The van der Waals surface area contributed by atoms with E-state index >= 15 is 0 Å². The van der Waals surface area contributed by atoms with Crippen molar-refractivity contribution in [3.05, 3.63) is 34.6 Å². The van der Waals surface area contributed by atoms with Crippen LogP contribution in [0.15, 0.2) is 12.1 Å². The van der Waals surface area contributed by atoms with Crippen LogP contribution in [-0.4, -0.2) is 5.12 Å². The lowest BCUT2D eigenvalue weighted by Crippen LogP contribution is -2.03. The number of thiol groups is 1. The third kappa shape index (κ3) is 2.18. The summed E-state index contributed by atoms with van der Waals surface area (Å²) in [5.41, 5.74) is 0.230. The summed E-state index contributed by atoms with van der Waals surface area (Å²) < 4.78 is 13.7. The maximum absolute atomic E-state index is 13.7. The van der Waals surface area contributed by atoms with Crippen LogP contribution in [0.1, 0.15) is 41.3 Å². The fraction of sp³-hybridized carbons (Fsp3) is 0.273. The molecule has 0 saturated heterocycles. The molecule has 4 heteroatoms. The van der Waals surface area contributed by atoms with Crippen molar-refractivity contribution in [2.45, 2.75) is 19.8 Å². The van der Waals surface area contributed by atoms with Gasteiger partial charge in [0, 0.05) is 5.56 Å². The number of benzene rings is 1. The Morgan fingerprint density at radius 2 is 2.13 bits per heavy atom. The summed E-state index contributed by atoms with van der Waals surface area (Å²) in [6.07, 6.45) is 0. The maximum Gasteiger partial charge on any atom is 0.217 e. The highest BCUT2D eigenvalue weighted by atomic mass is 32.1. The van der Waals surface area contributed by atoms with Crippen LogP contribution in [0.2, 0.25) is 0 Å². The largest absolute Gasteiger partial charge is 0.282 e. The molecule has 78 valence electrons. The second-order valence-electron chi connectivity index (χ2n) is 3.46. The van der Waals surface area contributed by atoms with E-state index in [9.17, 15) is 9.18 Å². The molecule has 0 heterocycles. The van der Waals surface area contributed by atoms with Crippen molar-refractivity contribution in [2.24, 2.45) is 0 Å². The van der Waals surface area contributed by atoms with Crippen LogP contribution >= 0.6 is 12.6 Å². The van der Waals surface area contributed by atoms with Crippen LogP contribution < -0.4 is 0 Å². The van der Waals surface area contributed by atoms with Gasteiger partial charge in [0.15, 0.2) is 0 Å². The number of hydrogen-bond donors (Lipinski definition) is 1. The Hall–Kier alpha value is -1.34. The van der Waals surface area contributed by atoms with Gasteiger partial charge in [-0.1, -0.05) is 19.9 Å². The Balaban J connectivity index is 3.48. The summed E-state index contributed by atoms with van der Waals surface area (Å²) in [5.74, 6) is -0.645. The summed E-state index contributed by atoms with van der Waals surface area (Å²) in [7, 11) is 0. The van der Waals surface area contributed by atoms with Crippen molar-refractivity contribution in [2.75, 3.05) is 0 Å². The number of nitriles is 1. The highest BCUT2D eigenvalue weighted by molar-refractivity contribution is 7.97. The molecule has 1 rings (SSSR count). The molecule has 0 spiro atoms. The van der Waals surface area contributed by atoms with Gasteiger partial charge in [-0.3, -0.25) is 4.79 Å². The van der Waals surface area contributed by atoms with Crippen LogP contribution in [0.5, 0.6) is 0 Å². The Morgan fingerprint density at radius 3 is 2.53 bits per heavy atom. The number of rotatable bonds is 2. The normalized spacial score (nSPS) is 10.1. The van der Waals surface area contributed by atoms with E-state index in [2.05, 4.69) is 12.6 Å². The molecule has 2 nitrogen and oxygen atoms in total. The summed E-state index contributed by atoms with van der Waals surface area (Å²) in [6.45, 7) is 3.64. The zero-order valence-corrected chi connectivity index (χ0v) is 9.31. The maximum atomic E-state index is 13.7. The molecule has 0 unspecified atom stereocenters. The van der Waals surface area contributed by atoms with Gasteiger partial charge in [-0.15, -0.1) is 12.6 Å². The second-order valence-corrected chi connectivity index (χ2v) is 3.87. The van der Waals surface area contributed by atoms with E-state index in [1.54, 1.807) is 6.07 Å². The molecule has 0 aliphatic rings. The first kappa shape index (κ1) is 11.7. The Kier molecular flexibility index (Phi) is 3.48. The smallest absolute Gasteiger partial charge is 0.217 e. The minimum atomic E-state index is -0.618. The van der Waals surface area contributed by atoms with Crippen molar-refractivity contribution >= 4 is 17.7 Å². The van der Waals surface area contributed by atoms with E-state index in [1.165, 1.54) is 12.1 Å². The van der Waals surface area contributed by atoms with Gasteiger partial charge in [0.2, 0.25) is 5.12 Å². The van der Waals surface area contributed by atoms with Gasteiger partial charge in [0.05, 0.1) is 5.56 Å². The summed E-state index contributed by atoms with van der Waals surface area (Å²) in [5, 5.41) is 8.18. The molecule has 0 aliphatic carbocycles. The minimum absolute atomic E-state index is 0.0164. The van der Waals surface area contributed by atoms with Crippen LogP contribution in [-0.2, 0) is 0 Å². The van der Waals surface area contributed by atoms with E-state index < -0.39 is 10.9 Å². The molecule has 1 aromatic carbocycles. The molecular weight excluding hydrogens is 213 g/mol. The third-order valence-corrected chi connectivity index (χ3v) is 2.38. The molecule has 0 aromatic heterocycles. The molecule has 0 N–H and O–H groups in total. The lowest BCUT2D eigenvalue weighted by Gasteiger charge is -2.09. The number of nitrogens with zero attached hydrogens (tertiary/aromatic N) is 1. The molecule has 0 amide bonds. The third-order valence-electron chi connectivity index (χ3n) is 2.14. The van der Waals surface area contributed by atoms with Gasteiger partial charge in [0.25, 0.3) is 0 Å². The zero-order chi connectivity index (χ0) is 11.6. The predicted octanol–water partition coefficient (Wildman–Crippen LogP) is 2.89. The van der Waals surface area contributed by atoms with Crippen molar-refractivity contribution < 1.29 is 9.18 Å². The van der Waals surface area contributed by atoms with Gasteiger partial charge in [-0.25, -0.2) is 4.39 Å².